The normalized spacial score (nSPS) is 11.2. The first kappa shape index (κ1) is 17.5. The molecule has 0 aliphatic carbocycles. The summed E-state index contributed by atoms with van der Waals surface area (Å²) < 4.78 is 10.9. The summed E-state index contributed by atoms with van der Waals surface area (Å²) in [5, 5.41) is 3.80. The number of methoxy groups -OCH3 is 1. The van der Waals surface area contributed by atoms with Gasteiger partial charge in [-0.05, 0) is 48.0 Å². The van der Waals surface area contributed by atoms with Crippen LogP contribution in [0.4, 0.5) is 5.69 Å². The van der Waals surface area contributed by atoms with Crippen LogP contribution in [-0.2, 0) is 4.79 Å². The smallest absolute Gasteiger partial charge is 0.248 e. The molecule has 4 aromatic rings. The molecule has 0 aliphatic heterocycles. The number of amides is 1. The predicted molar refractivity (Wildman–Crippen MR) is 111 cm³/mol. The third-order valence-electron chi connectivity index (χ3n) is 4.39. The Morgan fingerprint density at radius 3 is 2.50 bits per heavy atom. The van der Waals surface area contributed by atoms with E-state index in [0.29, 0.717) is 27.6 Å². The molecule has 4 rings (SSSR count). The molecule has 5 heteroatoms. The number of carbonyl (C=O) groups excluding carboxylic acids is 1. The Hall–Kier alpha value is -3.86. The summed E-state index contributed by atoms with van der Waals surface area (Å²) in [5.41, 5.74) is 2.29. The minimum Gasteiger partial charge on any atom is -0.497 e. The summed E-state index contributed by atoms with van der Waals surface area (Å²) in [6.45, 7) is 0. The van der Waals surface area contributed by atoms with Crippen molar-refractivity contribution in [1.29, 1.82) is 0 Å². The van der Waals surface area contributed by atoms with Crippen molar-refractivity contribution >= 4 is 39.6 Å². The summed E-state index contributed by atoms with van der Waals surface area (Å²) in [6, 6.07) is 19.5. The van der Waals surface area contributed by atoms with Gasteiger partial charge >= 0.3 is 0 Å². The number of anilines is 1. The molecule has 0 saturated heterocycles. The van der Waals surface area contributed by atoms with Crippen LogP contribution in [0, 0.1) is 0 Å². The van der Waals surface area contributed by atoms with Crippen LogP contribution < -0.4 is 15.5 Å². The minimum atomic E-state index is -0.279. The van der Waals surface area contributed by atoms with Crippen LogP contribution in [0.5, 0.6) is 5.75 Å². The van der Waals surface area contributed by atoms with E-state index in [9.17, 15) is 9.59 Å². The largest absolute Gasteiger partial charge is 0.497 e. The van der Waals surface area contributed by atoms with Crippen LogP contribution >= 0.6 is 0 Å². The standard InChI is InChI=1S/C23H17NO4/c1-27-17-10-6-15(7-11-17)8-13-22(25)24-16-9-12-19-21(14-16)28-20-5-3-2-4-18(20)23(19)26/h2-14H,1H3,(H,24,25). The Balaban J connectivity index is 1.57. The molecular formula is C23H17NO4. The summed E-state index contributed by atoms with van der Waals surface area (Å²) in [7, 11) is 1.60. The van der Waals surface area contributed by atoms with E-state index in [2.05, 4.69) is 5.32 Å². The first-order chi connectivity index (χ1) is 13.6. The number of rotatable bonds is 4. The topological polar surface area (TPSA) is 68.5 Å². The molecule has 3 aromatic carbocycles. The molecule has 5 nitrogen and oxygen atoms in total. The van der Waals surface area contributed by atoms with Crippen LogP contribution in [0.25, 0.3) is 28.0 Å². The van der Waals surface area contributed by atoms with E-state index >= 15 is 0 Å². The van der Waals surface area contributed by atoms with Gasteiger partial charge in [0.2, 0.25) is 11.3 Å². The highest BCUT2D eigenvalue weighted by Gasteiger charge is 2.08. The van der Waals surface area contributed by atoms with E-state index in [1.165, 1.54) is 6.08 Å². The summed E-state index contributed by atoms with van der Waals surface area (Å²) in [6.07, 6.45) is 3.16. The Morgan fingerprint density at radius 2 is 1.71 bits per heavy atom. The number of fused-ring (bicyclic) bond motifs is 2. The highest BCUT2D eigenvalue weighted by atomic mass is 16.5. The zero-order chi connectivity index (χ0) is 19.5. The summed E-state index contributed by atoms with van der Waals surface area (Å²) in [4.78, 5) is 24.8. The molecule has 138 valence electrons. The van der Waals surface area contributed by atoms with Crippen molar-refractivity contribution in [1.82, 2.24) is 0 Å². The Labute approximate surface area is 160 Å². The number of carbonyl (C=O) groups is 1. The maximum Gasteiger partial charge on any atom is 0.248 e. The van der Waals surface area contributed by atoms with Crippen molar-refractivity contribution in [3.8, 4) is 5.75 Å². The third-order valence-corrected chi connectivity index (χ3v) is 4.39. The average Bonchev–Trinajstić information content (AvgIpc) is 2.73. The second-order valence-electron chi connectivity index (χ2n) is 6.23. The second kappa shape index (κ2) is 7.40. The molecule has 1 heterocycles. The van der Waals surface area contributed by atoms with Crippen molar-refractivity contribution in [3.05, 3.63) is 88.6 Å². The number of benzene rings is 3. The lowest BCUT2D eigenvalue weighted by molar-refractivity contribution is -0.111. The lowest BCUT2D eigenvalue weighted by Gasteiger charge is -2.05. The third kappa shape index (κ3) is 3.50. The lowest BCUT2D eigenvalue weighted by atomic mass is 10.1. The van der Waals surface area contributed by atoms with Gasteiger partial charge in [-0.2, -0.15) is 0 Å². The lowest BCUT2D eigenvalue weighted by Crippen LogP contribution is -2.08. The average molecular weight is 371 g/mol. The van der Waals surface area contributed by atoms with Crippen molar-refractivity contribution in [2.75, 3.05) is 12.4 Å². The molecule has 1 N–H and O–H groups in total. The Kier molecular flexibility index (Phi) is 4.64. The van der Waals surface area contributed by atoms with Crippen LogP contribution in [0.15, 0.2) is 82.0 Å². The quantitative estimate of drug-likeness (QED) is 0.420. The van der Waals surface area contributed by atoms with E-state index in [-0.39, 0.29) is 11.3 Å². The van der Waals surface area contributed by atoms with Crippen LogP contribution in [0.2, 0.25) is 0 Å². The monoisotopic (exact) mass is 371 g/mol. The van der Waals surface area contributed by atoms with Crippen LogP contribution in [-0.4, -0.2) is 13.0 Å². The van der Waals surface area contributed by atoms with Crippen molar-refractivity contribution in [3.63, 3.8) is 0 Å². The van der Waals surface area contributed by atoms with Gasteiger partial charge in [-0.3, -0.25) is 9.59 Å². The zero-order valence-corrected chi connectivity index (χ0v) is 15.1. The molecule has 0 aliphatic rings. The van der Waals surface area contributed by atoms with Gasteiger partial charge in [-0.25, -0.2) is 0 Å². The summed E-state index contributed by atoms with van der Waals surface area (Å²) >= 11 is 0. The molecule has 0 saturated carbocycles. The van der Waals surface area contributed by atoms with E-state index in [0.717, 1.165) is 11.3 Å². The number of nitrogens with one attached hydrogen (secondary N) is 1. The fraction of sp³-hybridized carbons (Fsp3) is 0.0435. The first-order valence-corrected chi connectivity index (χ1v) is 8.73. The van der Waals surface area contributed by atoms with Crippen molar-refractivity contribution < 1.29 is 13.9 Å². The van der Waals surface area contributed by atoms with Crippen molar-refractivity contribution in [2.45, 2.75) is 0 Å². The molecule has 28 heavy (non-hydrogen) atoms. The van der Waals surface area contributed by atoms with E-state index < -0.39 is 0 Å². The predicted octanol–water partition coefficient (Wildman–Crippen LogP) is 4.61. The van der Waals surface area contributed by atoms with E-state index in [1.807, 2.05) is 30.3 Å². The van der Waals surface area contributed by atoms with Gasteiger partial charge in [-0.1, -0.05) is 24.3 Å². The number of hydrogen-bond acceptors (Lipinski definition) is 4. The van der Waals surface area contributed by atoms with Gasteiger partial charge < -0.3 is 14.5 Å². The Morgan fingerprint density at radius 1 is 0.964 bits per heavy atom. The van der Waals surface area contributed by atoms with Gasteiger partial charge in [0.25, 0.3) is 0 Å². The molecule has 0 fully saturated rings. The highest BCUT2D eigenvalue weighted by Crippen LogP contribution is 2.21. The molecule has 1 amide bonds. The Bertz CT molecular complexity index is 1250. The maximum absolute atomic E-state index is 12.6. The fourth-order valence-corrected chi connectivity index (χ4v) is 2.95. The highest BCUT2D eigenvalue weighted by molar-refractivity contribution is 6.03. The van der Waals surface area contributed by atoms with E-state index in [1.54, 1.807) is 49.6 Å². The van der Waals surface area contributed by atoms with Gasteiger partial charge in [0, 0.05) is 17.8 Å². The molecular weight excluding hydrogens is 354 g/mol. The molecule has 0 spiro atoms. The second-order valence-corrected chi connectivity index (χ2v) is 6.23. The van der Waals surface area contributed by atoms with Crippen LogP contribution in [0.1, 0.15) is 5.56 Å². The summed E-state index contributed by atoms with van der Waals surface area (Å²) in [5.74, 6) is 0.477. The molecule has 0 bridgehead atoms. The molecule has 0 unspecified atom stereocenters. The fourth-order valence-electron chi connectivity index (χ4n) is 2.95. The molecule has 1 aromatic heterocycles. The first-order valence-electron chi connectivity index (χ1n) is 8.73. The van der Waals surface area contributed by atoms with E-state index in [4.69, 9.17) is 9.15 Å². The van der Waals surface area contributed by atoms with Gasteiger partial charge in [0.05, 0.1) is 17.9 Å². The van der Waals surface area contributed by atoms with Gasteiger partial charge in [0.15, 0.2) is 0 Å². The molecule has 0 radical (unpaired) electrons. The molecule has 0 atom stereocenters. The van der Waals surface area contributed by atoms with Crippen LogP contribution in [0.3, 0.4) is 0 Å². The zero-order valence-electron chi connectivity index (χ0n) is 15.1. The van der Waals surface area contributed by atoms with Gasteiger partial charge in [-0.15, -0.1) is 0 Å². The minimum absolute atomic E-state index is 0.0888. The number of para-hydroxylation sites is 1. The number of ether oxygens (including phenoxy) is 1. The maximum atomic E-state index is 12.6. The van der Waals surface area contributed by atoms with Gasteiger partial charge in [0.1, 0.15) is 16.9 Å². The SMILES string of the molecule is COc1ccc(C=CC(=O)Nc2ccc3c(=O)c4ccccc4oc3c2)cc1. The number of hydrogen-bond donors (Lipinski definition) is 1. The van der Waals surface area contributed by atoms with Crippen molar-refractivity contribution in [2.24, 2.45) is 0 Å².